The quantitative estimate of drug-likeness (QED) is 0.530. The number of ether oxygens (including phenoxy) is 3. The Kier molecular flexibility index (Phi) is 7.65. The van der Waals surface area contributed by atoms with Crippen molar-refractivity contribution < 1.29 is 36.6 Å². The van der Waals surface area contributed by atoms with E-state index in [4.69, 9.17) is 18.6 Å². The molecule has 1 saturated heterocycles. The summed E-state index contributed by atoms with van der Waals surface area (Å²) in [5, 5.41) is -0.322. The van der Waals surface area contributed by atoms with Gasteiger partial charge in [-0.3, -0.25) is 4.79 Å². The fourth-order valence-electron chi connectivity index (χ4n) is 3.68. The van der Waals surface area contributed by atoms with Gasteiger partial charge in [-0.05, 0) is 44.0 Å². The third-order valence-corrected chi connectivity index (χ3v) is 7.31. The van der Waals surface area contributed by atoms with Gasteiger partial charge in [0.25, 0.3) is 10.0 Å². The molecule has 0 unspecified atom stereocenters. The molecule has 33 heavy (non-hydrogen) atoms. The minimum Gasteiger partial charge on any atom is -0.493 e. The maximum atomic E-state index is 13.0. The highest BCUT2D eigenvalue weighted by Crippen LogP contribution is 2.33. The van der Waals surface area contributed by atoms with Gasteiger partial charge < -0.3 is 23.5 Å². The summed E-state index contributed by atoms with van der Waals surface area (Å²) in [4.78, 5) is 26.3. The van der Waals surface area contributed by atoms with Crippen molar-refractivity contribution in [3.63, 3.8) is 0 Å². The van der Waals surface area contributed by atoms with Crippen molar-refractivity contribution in [2.24, 2.45) is 5.92 Å². The number of rotatable bonds is 8. The summed E-state index contributed by atoms with van der Waals surface area (Å²) >= 11 is 0. The summed E-state index contributed by atoms with van der Waals surface area (Å²) in [6, 6.07) is 7.72. The molecule has 0 bridgehead atoms. The van der Waals surface area contributed by atoms with Crippen LogP contribution in [-0.4, -0.2) is 65.6 Å². The van der Waals surface area contributed by atoms with Crippen molar-refractivity contribution in [3.05, 3.63) is 36.1 Å². The molecule has 10 nitrogen and oxygen atoms in total. The van der Waals surface area contributed by atoms with E-state index in [1.54, 1.807) is 32.2 Å². The van der Waals surface area contributed by atoms with Crippen molar-refractivity contribution in [1.82, 2.24) is 4.31 Å². The number of carbonyl (C=O) groups excluding carboxylic acids is 2. The van der Waals surface area contributed by atoms with Gasteiger partial charge in [0.15, 0.2) is 11.5 Å². The lowest BCUT2D eigenvalue weighted by Crippen LogP contribution is -2.43. The Hall–Kier alpha value is -3.05. The molecule has 0 atom stereocenters. The molecule has 0 spiro atoms. The van der Waals surface area contributed by atoms with Crippen LogP contribution in [0.5, 0.6) is 11.5 Å². The number of hydrogen-bond acceptors (Lipinski definition) is 8. The molecular formula is C22H28N2O8S. The van der Waals surface area contributed by atoms with Crippen LogP contribution in [0.15, 0.2) is 39.8 Å². The number of nitrogens with zero attached hydrogens (tertiary/aromatic N) is 2. The van der Waals surface area contributed by atoms with Crippen LogP contribution in [0, 0.1) is 5.92 Å². The Labute approximate surface area is 193 Å². The van der Waals surface area contributed by atoms with Gasteiger partial charge in [0, 0.05) is 37.8 Å². The second-order valence-corrected chi connectivity index (χ2v) is 9.32. The maximum Gasteiger partial charge on any atom is 0.374 e. The van der Waals surface area contributed by atoms with Crippen LogP contribution in [0.1, 0.15) is 30.3 Å². The number of furan rings is 1. The molecule has 0 saturated carbocycles. The lowest BCUT2D eigenvalue weighted by molar-refractivity contribution is -0.123. The summed E-state index contributed by atoms with van der Waals surface area (Å²) in [6.45, 7) is 2.12. The second kappa shape index (κ2) is 10.3. The van der Waals surface area contributed by atoms with E-state index in [-0.39, 0.29) is 42.4 Å². The highest BCUT2D eigenvalue weighted by atomic mass is 32.2. The van der Waals surface area contributed by atoms with Crippen molar-refractivity contribution in [1.29, 1.82) is 0 Å². The fraction of sp³-hybridized carbons (Fsp3) is 0.455. The highest BCUT2D eigenvalue weighted by molar-refractivity contribution is 7.89. The Morgan fingerprint density at radius 3 is 2.36 bits per heavy atom. The number of esters is 1. The van der Waals surface area contributed by atoms with Crippen molar-refractivity contribution in [2.75, 3.05) is 45.9 Å². The first kappa shape index (κ1) is 24.6. The first-order valence-electron chi connectivity index (χ1n) is 10.5. The number of sulfonamides is 1. The molecule has 1 aromatic heterocycles. The molecule has 1 aliphatic rings. The van der Waals surface area contributed by atoms with E-state index in [2.05, 4.69) is 0 Å². The van der Waals surface area contributed by atoms with Gasteiger partial charge in [-0.15, -0.1) is 0 Å². The lowest BCUT2D eigenvalue weighted by Gasteiger charge is -2.32. The zero-order chi connectivity index (χ0) is 24.2. The van der Waals surface area contributed by atoms with Crippen LogP contribution in [0.3, 0.4) is 0 Å². The van der Waals surface area contributed by atoms with E-state index in [1.807, 2.05) is 0 Å². The minimum absolute atomic E-state index is 0.109. The van der Waals surface area contributed by atoms with Crippen LogP contribution in [0.2, 0.25) is 0 Å². The Balaban J connectivity index is 1.65. The number of amides is 1. The summed E-state index contributed by atoms with van der Waals surface area (Å²) < 4.78 is 47.7. The van der Waals surface area contributed by atoms with Gasteiger partial charge in [-0.2, -0.15) is 4.31 Å². The standard InChI is InChI=1S/C22H28N2O8S/c1-5-31-22(26)18-8-9-20(32-18)33(27,28)24-12-10-15(11-13-24)21(25)23(2)16-6-7-17(29-3)19(14-16)30-4/h6-9,14-15H,5,10-13H2,1-4H3. The average molecular weight is 481 g/mol. The number of benzene rings is 1. The number of carbonyl (C=O) groups is 2. The van der Waals surface area contributed by atoms with Crippen LogP contribution < -0.4 is 14.4 Å². The minimum atomic E-state index is -3.92. The zero-order valence-electron chi connectivity index (χ0n) is 19.1. The van der Waals surface area contributed by atoms with Crippen LogP contribution in [-0.2, 0) is 19.6 Å². The molecule has 1 aliphatic heterocycles. The normalized spacial score (nSPS) is 15.2. The second-order valence-electron chi connectivity index (χ2n) is 7.45. The molecule has 1 amide bonds. The number of hydrogen-bond donors (Lipinski definition) is 0. The summed E-state index contributed by atoms with van der Waals surface area (Å²) in [5.41, 5.74) is 0.648. The van der Waals surface area contributed by atoms with Gasteiger partial charge in [-0.25, -0.2) is 13.2 Å². The smallest absolute Gasteiger partial charge is 0.374 e. The molecule has 0 radical (unpaired) electrons. The summed E-state index contributed by atoms with van der Waals surface area (Å²) in [7, 11) is 0.807. The van der Waals surface area contributed by atoms with Gasteiger partial charge in [0.1, 0.15) is 0 Å². The molecule has 180 valence electrons. The van der Waals surface area contributed by atoms with E-state index in [0.717, 1.165) is 0 Å². The SMILES string of the molecule is CCOC(=O)c1ccc(S(=O)(=O)N2CCC(C(=O)N(C)c3ccc(OC)c(OC)c3)CC2)o1. The van der Waals surface area contributed by atoms with E-state index in [9.17, 15) is 18.0 Å². The lowest BCUT2D eigenvalue weighted by atomic mass is 9.96. The first-order chi connectivity index (χ1) is 15.7. The molecule has 0 aliphatic carbocycles. The molecule has 3 rings (SSSR count). The number of methoxy groups -OCH3 is 2. The number of anilines is 1. The van der Waals surface area contributed by atoms with E-state index >= 15 is 0 Å². The van der Waals surface area contributed by atoms with Crippen LogP contribution in [0.4, 0.5) is 5.69 Å². The highest BCUT2D eigenvalue weighted by Gasteiger charge is 2.35. The Morgan fingerprint density at radius 2 is 1.76 bits per heavy atom. The molecule has 1 fully saturated rings. The summed E-state index contributed by atoms with van der Waals surface area (Å²) in [5.74, 6) is -0.262. The van der Waals surface area contributed by atoms with Crippen molar-refractivity contribution >= 4 is 27.6 Å². The fourth-order valence-corrected chi connectivity index (χ4v) is 5.06. The summed E-state index contributed by atoms with van der Waals surface area (Å²) in [6.07, 6.45) is 0.724. The molecular weight excluding hydrogens is 452 g/mol. The Bertz CT molecular complexity index is 1100. The predicted octanol–water partition coefficient (Wildman–Crippen LogP) is 2.54. The third-order valence-electron chi connectivity index (χ3n) is 5.54. The van der Waals surface area contributed by atoms with E-state index in [1.165, 1.54) is 35.6 Å². The van der Waals surface area contributed by atoms with Crippen molar-refractivity contribution in [3.8, 4) is 11.5 Å². The van der Waals surface area contributed by atoms with Gasteiger partial charge in [-0.1, -0.05) is 0 Å². The van der Waals surface area contributed by atoms with Gasteiger partial charge in [0.2, 0.25) is 16.8 Å². The molecule has 1 aromatic carbocycles. The molecule has 2 aromatic rings. The van der Waals surface area contributed by atoms with Gasteiger partial charge in [0.05, 0.1) is 20.8 Å². The van der Waals surface area contributed by atoms with Gasteiger partial charge >= 0.3 is 5.97 Å². The van der Waals surface area contributed by atoms with E-state index in [0.29, 0.717) is 30.0 Å². The monoisotopic (exact) mass is 480 g/mol. The largest absolute Gasteiger partial charge is 0.493 e. The molecule has 11 heteroatoms. The predicted molar refractivity (Wildman–Crippen MR) is 119 cm³/mol. The van der Waals surface area contributed by atoms with Crippen molar-refractivity contribution in [2.45, 2.75) is 24.9 Å². The zero-order valence-corrected chi connectivity index (χ0v) is 19.9. The maximum absolute atomic E-state index is 13.0. The van der Waals surface area contributed by atoms with Crippen LogP contribution >= 0.6 is 0 Å². The number of piperidine rings is 1. The molecule has 0 N–H and O–H groups in total. The third kappa shape index (κ3) is 5.14. The Morgan fingerprint density at radius 1 is 1.09 bits per heavy atom. The average Bonchev–Trinajstić information content (AvgIpc) is 3.34. The molecule has 2 heterocycles. The van der Waals surface area contributed by atoms with Crippen LogP contribution in [0.25, 0.3) is 0 Å². The van der Waals surface area contributed by atoms with E-state index < -0.39 is 16.0 Å². The first-order valence-corrected chi connectivity index (χ1v) is 11.9. The topological polar surface area (TPSA) is 116 Å².